The predicted octanol–water partition coefficient (Wildman–Crippen LogP) is 5.57. The quantitative estimate of drug-likeness (QED) is 0.501. The number of ether oxygens (including phenoxy) is 1. The van der Waals surface area contributed by atoms with Crippen LogP contribution < -0.4 is 0 Å². The highest BCUT2D eigenvalue weighted by Gasteiger charge is 2.26. The third-order valence-electron chi connectivity index (χ3n) is 6.30. The van der Waals surface area contributed by atoms with Crippen LogP contribution in [0, 0.1) is 24.6 Å². The van der Waals surface area contributed by atoms with Crippen LogP contribution in [0.3, 0.4) is 0 Å². The standard InChI is InChI=1S/C26H29FN2O3/c1-18-25(21-7-3-2-4-8-21)26(22-9-5-6-10-23(22)27)29(28-18)15-19-11-13-20(14-12-19)16-32-17-24(30)31/h2-10,19-20H,11-17H2,1H3,(H,30,31)/t19-,20-. The molecule has 0 aliphatic heterocycles. The normalized spacial score (nSPS) is 18.6. The van der Waals surface area contributed by atoms with Crippen LogP contribution in [0.5, 0.6) is 0 Å². The van der Waals surface area contributed by atoms with E-state index in [2.05, 4.69) is 0 Å². The minimum absolute atomic E-state index is 0.235. The van der Waals surface area contributed by atoms with Crippen LogP contribution in [-0.2, 0) is 16.1 Å². The summed E-state index contributed by atoms with van der Waals surface area (Å²) in [7, 11) is 0. The molecule has 0 atom stereocenters. The van der Waals surface area contributed by atoms with E-state index < -0.39 is 5.97 Å². The van der Waals surface area contributed by atoms with E-state index in [9.17, 15) is 9.18 Å². The van der Waals surface area contributed by atoms with Gasteiger partial charge in [0.15, 0.2) is 0 Å². The zero-order chi connectivity index (χ0) is 22.5. The van der Waals surface area contributed by atoms with E-state index in [1.165, 1.54) is 6.07 Å². The number of hydrogen-bond acceptors (Lipinski definition) is 3. The second kappa shape index (κ2) is 10.1. The van der Waals surface area contributed by atoms with Crippen LogP contribution in [0.1, 0.15) is 31.4 Å². The van der Waals surface area contributed by atoms with E-state index in [-0.39, 0.29) is 12.4 Å². The van der Waals surface area contributed by atoms with Crippen molar-refractivity contribution in [1.82, 2.24) is 9.78 Å². The van der Waals surface area contributed by atoms with Gasteiger partial charge in [0, 0.05) is 17.7 Å². The van der Waals surface area contributed by atoms with Crippen molar-refractivity contribution in [3.05, 3.63) is 66.1 Å². The first kappa shape index (κ1) is 22.2. The highest BCUT2D eigenvalue weighted by Crippen LogP contribution is 2.38. The van der Waals surface area contributed by atoms with Crippen LogP contribution in [-0.4, -0.2) is 34.1 Å². The number of carboxylic acid groups (broad SMARTS) is 1. The second-order valence-corrected chi connectivity index (χ2v) is 8.63. The van der Waals surface area contributed by atoms with Gasteiger partial charge >= 0.3 is 5.97 Å². The van der Waals surface area contributed by atoms with Gasteiger partial charge in [-0.1, -0.05) is 42.5 Å². The molecule has 1 aromatic heterocycles. The molecule has 0 amide bonds. The molecule has 0 bridgehead atoms. The lowest BCUT2D eigenvalue weighted by Crippen LogP contribution is -2.23. The minimum Gasteiger partial charge on any atom is -0.480 e. The lowest BCUT2D eigenvalue weighted by molar-refractivity contribution is -0.142. The van der Waals surface area contributed by atoms with Crippen LogP contribution in [0.25, 0.3) is 22.4 Å². The summed E-state index contributed by atoms with van der Waals surface area (Å²) in [4.78, 5) is 10.6. The van der Waals surface area contributed by atoms with Gasteiger partial charge in [0.1, 0.15) is 12.4 Å². The third-order valence-corrected chi connectivity index (χ3v) is 6.30. The summed E-state index contributed by atoms with van der Waals surface area (Å²) in [5.74, 6) is -0.331. The maximum absolute atomic E-state index is 14.9. The monoisotopic (exact) mass is 436 g/mol. The molecule has 1 N–H and O–H groups in total. The molecule has 1 heterocycles. The number of aliphatic carboxylic acids is 1. The Bertz CT molecular complexity index is 1060. The third kappa shape index (κ3) is 5.07. The Kier molecular flexibility index (Phi) is 7.00. The molecule has 1 aliphatic rings. The maximum Gasteiger partial charge on any atom is 0.329 e. The van der Waals surface area contributed by atoms with Crippen molar-refractivity contribution >= 4 is 5.97 Å². The molecule has 168 valence electrons. The van der Waals surface area contributed by atoms with Gasteiger partial charge in [0.05, 0.1) is 18.0 Å². The summed E-state index contributed by atoms with van der Waals surface area (Å²) in [5, 5.41) is 13.6. The van der Waals surface area contributed by atoms with E-state index in [0.29, 0.717) is 24.0 Å². The minimum atomic E-state index is -0.928. The predicted molar refractivity (Wildman–Crippen MR) is 122 cm³/mol. The zero-order valence-electron chi connectivity index (χ0n) is 18.3. The number of benzene rings is 2. The fraction of sp³-hybridized carbons (Fsp3) is 0.385. The first-order valence-corrected chi connectivity index (χ1v) is 11.2. The van der Waals surface area contributed by atoms with Crippen molar-refractivity contribution in [3.63, 3.8) is 0 Å². The second-order valence-electron chi connectivity index (χ2n) is 8.63. The molecular weight excluding hydrogens is 407 g/mol. The molecular formula is C26H29FN2O3. The fourth-order valence-electron chi connectivity index (χ4n) is 4.73. The van der Waals surface area contributed by atoms with Crippen molar-refractivity contribution in [2.45, 2.75) is 39.2 Å². The number of carbonyl (C=O) groups is 1. The van der Waals surface area contributed by atoms with E-state index in [0.717, 1.165) is 54.7 Å². The Morgan fingerprint density at radius 3 is 2.41 bits per heavy atom. The molecule has 0 unspecified atom stereocenters. The van der Waals surface area contributed by atoms with Gasteiger partial charge in [-0.25, -0.2) is 9.18 Å². The SMILES string of the molecule is Cc1nn(C[C@H]2CC[C@H](COCC(=O)O)CC2)c(-c2ccccc2F)c1-c1ccccc1. The summed E-state index contributed by atoms with van der Waals surface area (Å²) in [6, 6.07) is 16.9. The number of rotatable bonds is 8. The highest BCUT2D eigenvalue weighted by atomic mass is 19.1. The molecule has 4 rings (SSSR count). The summed E-state index contributed by atoms with van der Waals surface area (Å²) in [5.41, 5.74) is 4.31. The number of carboxylic acids is 1. The Labute approximate surface area is 187 Å². The summed E-state index contributed by atoms with van der Waals surface area (Å²) in [6.45, 7) is 2.99. The van der Waals surface area contributed by atoms with Gasteiger partial charge in [0.25, 0.3) is 0 Å². The van der Waals surface area contributed by atoms with Crippen molar-refractivity contribution in [1.29, 1.82) is 0 Å². The Hall–Kier alpha value is -2.99. The van der Waals surface area contributed by atoms with E-state index in [4.69, 9.17) is 14.9 Å². The van der Waals surface area contributed by atoms with Crippen molar-refractivity contribution in [3.8, 4) is 22.4 Å². The fourth-order valence-corrected chi connectivity index (χ4v) is 4.73. The largest absolute Gasteiger partial charge is 0.480 e. The van der Waals surface area contributed by atoms with Crippen LogP contribution in [0.2, 0.25) is 0 Å². The smallest absolute Gasteiger partial charge is 0.329 e. The van der Waals surface area contributed by atoms with Gasteiger partial charge < -0.3 is 9.84 Å². The molecule has 0 spiro atoms. The molecule has 5 nitrogen and oxygen atoms in total. The Morgan fingerprint density at radius 1 is 1.06 bits per heavy atom. The molecule has 0 radical (unpaired) electrons. The maximum atomic E-state index is 14.9. The topological polar surface area (TPSA) is 64.4 Å². The summed E-state index contributed by atoms with van der Waals surface area (Å²) in [6.07, 6.45) is 4.06. The van der Waals surface area contributed by atoms with Crippen LogP contribution in [0.4, 0.5) is 4.39 Å². The number of aromatic nitrogens is 2. The lowest BCUT2D eigenvalue weighted by Gasteiger charge is -2.28. The Morgan fingerprint density at radius 2 is 1.72 bits per heavy atom. The van der Waals surface area contributed by atoms with Crippen molar-refractivity contribution in [2.24, 2.45) is 11.8 Å². The summed E-state index contributed by atoms with van der Waals surface area (Å²) >= 11 is 0. The highest BCUT2D eigenvalue weighted by molar-refractivity contribution is 5.83. The number of hydrogen-bond donors (Lipinski definition) is 1. The van der Waals surface area contributed by atoms with E-state index >= 15 is 0 Å². The number of halogens is 1. The van der Waals surface area contributed by atoms with Gasteiger partial charge in [-0.15, -0.1) is 0 Å². The molecule has 3 aromatic rings. The molecule has 2 aromatic carbocycles. The molecule has 0 saturated heterocycles. The Balaban J connectivity index is 1.56. The van der Waals surface area contributed by atoms with E-state index in [1.54, 1.807) is 6.07 Å². The van der Waals surface area contributed by atoms with Gasteiger partial charge in [-0.3, -0.25) is 4.68 Å². The van der Waals surface area contributed by atoms with E-state index in [1.807, 2.05) is 54.1 Å². The molecule has 6 heteroatoms. The average Bonchev–Trinajstić information content (AvgIpc) is 3.11. The molecule has 1 saturated carbocycles. The van der Waals surface area contributed by atoms with Crippen LogP contribution in [0.15, 0.2) is 54.6 Å². The van der Waals surface area contributed by atoms with Gasteiger partial charge in [-0.2, -0.15) is 5.10 Å². The van der Waals surface area contributed by atoms with Crippen LogP contribution >= 0.6 is 0 Å². The summed E-state index contributed by atoms with van der Waals surface area (Å²) < 4.78 is 22.1. The zero-order valence-corrected chi connectivity index (χ0v) is 18.3. The van der Waals surface area contributed by atoms with Gasteiger partial charge in [0.2, 0.25) is 0 Å². The van der Waals surface area contributed by atoms with Crippen molar-refractivity contribution < 1.29 is 19.0 Å². The lowest BCUT2D eigenvalue weighted by atomic mass is 9.82. The average molecular weight is 437 g/mol. The first-order chi connectivity index (χ1) is 15.5. The van der Waals surface area contributed by atoms with Gasteiger partial charge in [-0.05, 0) is 62.1 Å². The number of aryl methyl sites for hydroxylation is 1. The number of nitrogens with zero attached hydrogens (tertiary/aromatic N) is 2. The molecule has 32 heavy (non-hydrogen) atoms. The first-order valence-electron chi connectivity index (χ1n) is 11.2. The molecule has 1 fully saturated rings. The van der Waals surface area contributed by atoms with Crippen molar-refractivity contribution in [2.75, 3.05) is 13.2 Å². The molecule has 1 aliphatic carbocycles.